The predicted molar refractivity (Wildman–Crippen MR) is 57.2 cm³/mol. The summed E-state index contributed by atoms with van der Waals surface area (Å²) in [5.41, 5.74) is 7.60. The highest BCUT2D eigenvalue weighted by molar-refractivity contribution is 7.11. The summed E-state index contributed by atoms with van der Waals surface area (Å²) in [7, 11) is 0. The topological polar surface area (TPSA) is 101 Å². The molecule has 0 aliphatic rings. The van der Waals surface area contributed by atoms with E-state index in [1.165, 1.54) is 11.3 Å². The van der Waals surface area contributed by atoms with Gasteiger partial charge in [0.1, 0.15) is 4.88 Å². The maximum Gasteiger partial charge on any atom is 0.263 e. The number of nitrogens with one attached hydrogen (secondary N) is 1. The van der Waals surface area contributed by atoms with Crippen molar-refractivity contribution in [2.75, 3.05) is 0 Å². The Morgan fingerprint density at radius 3 is 2.93 bits per heavy atom. The number of aromatic nitrogens is 1. The van der Waals surface area contributed by atoms with Crippen LogP contribution in [0.4, 0.5) is 0 Å². The van der Waals surface area contributed by atoms with Crippen LogP contribution in [0.3, 0.4) is 0 Å². The first-order valence-electron chi connectivity index (χ1n) is 4.24. The second-order valence-corrected chi connectivity index (χ2v) is 3.84. The fourth-order valence-electron chi connectivity index (χ4n) is 0.943. The molecule has 15 heavy (non-hydrogen) atoms. The fourth-order valence-corrected chi connectivity index (χ4v) is 1.65. The molecule has 0 radical (unpaired) electrons. The van der Waals surface area contributed by atoms with E-state index in [9.17, 15) is 4.79 Å². The van der Waals surface area contributed by atoms with E-state index >= 15 is 0 Å². The molecule has 0 saturated heterocycles. The highest BCUT2D eigenvalue weighted by Crippen LogP contribution is 2.11. The van der Waals surface area contributed by atoms with Crippen LogP contribution in [0.15, 0.2) is 10.7 Å². The smallest absolute Gasteiger partial charge is 0.263 e. The second kappa shape index (κ2) is 4.74. The summed E-state index contributed by atoms with van der Waals surface area (Å²) in [6.45, 7) is 3.38. The predicted octanol–water partition coefficient (Wildman–Crippen LogP) is 0.316. The van der Waals surface area contributed by atoms with Crippen LogP contribution in [0.25, 0.3) is 0 Å². The molecule has 82 valence electrons. The first kappa shape index (κ1) is 11.4. The van der Waals surface area contributed by atoms with Gasteiger partial charge in [-0.25, -0.2) is 4.98 Å². The Morgan fingerprint density at radius 1 is 1.80 bits per heavy atom. The Bertz CT molecular complexity index is 388. The third-order valence-corrected chi connectivity index (χ3v) is 2.79. The van der Waals surface area contributed by atoms with Crippen LogP contribution in [0.2, 0.25) is 0 Å². The van der Waals surface area contributed by atoms with Gasteiger partial charge in [0.05, 0.1) is 17.2 Å². The number of hydrogen-bond donors (Lipinski definition) is 3. The van der Waals surface area contributed by atoms with Gasteiger partial charge in [-0.05, 0) is 13.8 Å². The van der Waals surface area contributed by atoms with Crippen molar-refractivity contribution in [1.29, 1.82) is 0 Å². The molecule has 0 fully saturated rings. The van der Waals surface area contributed by atoms with Crippen molar-refractivity contribution in [2.24, 2.45) is 10.9 Å². The van der Waals surface area contributed by atoms with Gasteiger partial charge in [-0.2, -0.15) is 0 Å². The molecule has 1 atom stereocenters. The Balaban J connectivity index is 2.69. The highest BCUT2D eigenvalue weighted by atomic mass is 32.1. The Morgan fingerprint density at radius 2 is 2.47 bits per heavy atom. The summed E-state index contributed by atoms with van der Waals surface area (Å²) in [6.07, 6.45) is 0. The number of nitrogens with zero attached hydrogens (tertiary/aromatic N) is 2. The van der Waals surface area contributed by atoms with E-state index in [1.54, 1.807) is 19.4 Å². The fraction of sp³-hybridized carbons (Fsp3) is 0.375. The Kier molecular flexibility index (Phi) is 3.62. The van der Waals surface area contributed by atoms with Crippen molar-refractivity contribution < 1.29 is 10.0 Å². The van der Waals surface area contributed by atoms with Gasteiger partial charge in [0, 0.05) is 0 Å². The van der Waals surface area contributed by atoms with Gasteiger partial charge in [0.25, 0.3) is 5.91 Å². The average Bonchev–Trinajstić information content (AvgIpc) is 2.63. The minimum Gasteiger partial charge on any atom is -0.409 e. The van der Waals surface area contributed by atoms with Crippen LogP contribution in [0, 0.1) is 6.92 Å². The van der Waals surface area contributed by atoms with E-state index in [4.69, 9.17) is 10.9 Å². The summed E-state index contributed by atoms with van der Waals surface area (Å²) >= 11 is 1.25. The molecule has 1 heterocycles. The monoisotopic (exact) mass is 228 g/mol. The number of amides is 1. The quantitative estimate of drug-likeness (QED) is 0.300. The number of rotatable bonds is 3. The van der Waals surface area contributed by atoms with E-state index < -0.39 is 6.04 Å². The lowest BCUT2D eigenvalue weighted by atomic mass is 10.3. The van der Waals surface area contributed by atoms with Crippen LogP contribution in [0.1, 0.15) is 22.3 Å². The zero-order valence-electron chi connectivity index (χ0n) is 8.39. The first-order valence-corrected chi connectivity index (χ1v) is 5.12. The normalized spacial score (nSPS) is 13.6. The van der Waals surface area contributed by atoms with E-state index in [1.807, 2.05) is 0 Å². The minimum atomic E-state index is -0.510. The van der Waals surface area contributed by atoms with E-state index in [-0.39, 0.29) is 11.7 Å². The van der Waals surface area contributed by atoms with Crippen molar-refractivity contribution in [2.45, 2.75) is 19.9 Å². The SMILES string of the molecule is Cc1ncsc1C(=O)NC(C)/C(N)=N/O. The van der Waals surface area contributed by atoms with Crippen LogP contribution in [0.5, 0.6) is 0 Å². The molecular weight excluding hydrogens is 216 g/mol. The highest BCUT2D eigenvalue weighted by Gasteiger charge is 2.16. The third kappa shape index (κ3) is 2.66. The van der Waals surface area contributed by atoms with Crippen molar-refractivity contribution in [1.82, 2.24) is 10.3 Å². The lowest BCUT2D eigenvalue weighted by Crippen LogP contribution is -2.42. The molecule has 6 nitrogen and oxygen atoms in total. The van der Waals surface area contributed by atoms with E-state index in [0.29, 0.717) is 10.6 Å². The molecule has 0 aliphatic heterocycles. The van der Waals surface area contributed by atoms with Crippen LogP contribution < -0.4 is 11.1 Å². The molecule has 1 unspecified atom stereocenters. The van der Waals surface area contributed by atoms with Crippen LogP contribution in [-0.4, -0.2) is 28.0 Å². The van der Waals surface area contributed by atoms with Crippen molar-refractivity contribution in [3.05, 3.63) is 16.1 Å². The minimum absolute atomic E-state index is 0.0366. The molecule has 1 rings (SSSR count). The van der Waals surface area contributed by atoms with Crippen LogP contribution >= 0.6 is 11.3 Å². The molecule has 7 heteroatoms. The molecule has 0 bridgehead atoms. The molecule has 1 amide bonds. The van der Waals surface area contributed by atoms with Crippen LogP contribution in [-0.2, 0) is 0 Å². The zero-order valence-corrected chi connectivity index (χ0v) is 9.21. The molecule has 4 N–H and O–H groups in total. The summed E-state index contributed by atoms with van der Waals surface area (Å²) in [5.74, 6) is -0.306. The van der Waals surface area contributed by atoms with E-state index in [2.05, 4.69) is 15.5 Å². The molecule has 0 aliphatic carbocycles. The van der Waals surface area contributed by atoms with Gasteiger partial charge in [-0.1, -0.05) is 5.16 Å². The van der Waals surface area contributed by atoms with Gasteiger partial charge in [-0.3, -0.25) is 4.79 Å². The first-order chi connectivity index (χ1) is 7.06. The van der Waals surface area contributed by atoms with Crippen molar-refractivity contribution >= 4 is 23.1 Å². The number of oxime groups is 1. The number of amidine groups is 1. The number of thiazole rings is 1. The van der Waals surface area contributed by atoms with Gasteiger partial charge in [0.2, 0.25) is 0 Å². The third-order valence-electron chi connectivity index (χ3n) is 1.86. The lowest BCUT2D eigenvalue weighted by molar-refractivity contribution is 0.0952. The van der Waals surface area contributed by atoms with Gasteiger partial charge in [0.15, 0.2) is 5.84 Å². The summed E-state index contributed by atoms with van der Waals surface area (Å²) in [5, 5.41) is 13.8. The number of nitrogens with two attached hydrogens (primary N) is 1. The Labute approximate surface area is 90.8 Å². The summed E-state index contributed by atoms with van der Waals surface area (Å²) < 4.78 is 0. The average molecular weight is 228 g/mol. The maximum absolute atomic E-state index is 11.6. The molecule has 1 aromatic heterocycles. The number of hydrogen-bond acceptors (Lipinski definition) is 5. The van der Waals surface area contributed by atoms with Crippen molar-refractivity contribution in [3.63, 3.8) is 0 Å². The maximum atomic E-state index is 11.6. The zero-order chi connectivity index (χ0) is 11.4. The summed E-state index contributed by atoms with van der Waals surface area (Å²) in [4.78, 5) is 16.1. The standard InChI is InChI=1S/C8H12N4O2S/c1-4-6(15-3-10-4)8(13)11-5(2)7(9)12-14/h3,5,14H,1-2H3,(H2,9,12)(H,11,13). The second-order valence-electron chi connectivity index (χ2n) is 2.99. The molecule has 1 aromatic rings. The molecule has 0 aromatic carbocycles. The Hall–Kier alpha value is -1.63. The molecular formula is C8H12N4O2S. The van der Waals surface area contributed by atoms with E-state index in [0.717, 1.165) is 0 Å². The van der Waals surface area contributed by atoms with Gasteiger partial charge >= 0.3 is 0 Å². The number of carbonyl (C=O) groups excluding carboxylic acids is 1. The van der Waals surface area contributed by atoms with Gasteiger partial charge < -0.3 is 16.3 Å². The van der Waals surface area contributed by atoms with Crippen molar-refractivity contribution in [3.8, 4) is 0 Å². The summed E-state index contributed by atoms with van der Waals surface area (Å²) in [6, 6.07) is -0.510. The largest absolute Gasteiger partial charge is 0.409 e. The molecule has 0 spiro atoms. The number of aryl methyl sites for hydroxylation is 1. The lowest BCUT2D eigenvalue weighted by Gasteiger charge is -2.11. The van der Waals surface area contributed by atoms with Gasteiger partial charge in [-0.15, -0.1) is 11.3 Å². The number of carbonyl (C=O) groups is 1. The molecule has 0 saturated carbocycles.